The average Bonchev–Trinajstić information content (AvgIpc) is 2.71. The zero-order valence-corrected chi connectivity index (χ0v) is 15.6. The van der Waals surface area contributed by atoms with Gasteiger partial charge in [0, 0.05) is 29.4 Å². The highest BCUT2D eigenvalue weighted by Crippen LogP contribution is 2.27. The Bertz CT molecular complexity index is 1160. The fourth-order valence-electron chi connectivity index (χ4n) is 2.76. The Balaban J connectivity index is 1.69. The van der Waals surface area contributed by atoms with Crippen molar-refractivity contribution in [2.75, 3.05) is 10.6 Å². The highest BCUT2D eigenvalue weighted by molar-refractivity contribution is 6.30. The molecule has 0 spiro atoms. The summed E-state index contributed by atoms with van der Waals surface area (Å²) in [5.41, 5.74) is 2.21. The predicted octanol–water partition coefficient (Wildman–Crippen LogP) is 6.06. The molecule has 3 aromatic carbocycles. The van der Waals surface area contributed by atoms with Crippen LogP contribution in [-0.4, -0.2) is 9.97 Å². The molecular formula is C21H14ClF3N4. The molecule has 0 aliphatic rings. The Hall–Kier alpha value is -3.32. The van der Waals surface area contributed by atoms with Crippen molar-refractivity contribution in [3.05, 3.63) is 88.7 Å². The number of hydrogen-bond donors (Lipinski definition) is 2. The number of anilines is 3. The molecule has 29 heavy (non-hydrogen) atoms. The van der Waals surface area contributed by atoms with Crippen LogP contribution in [0.5, 0.6) is 0 Å². The molecule has 0 bridgehead atoms. The van der Waals surface area contributed by atoms with Gasteiger partial charge in [0.15, 0.2) is 29.1 Å². The highest BCUT2D eigenvalue weighted by Gasteiger charge is 2.14. The number of benzene rings is 3. The molecule has 0 amide bonds. The summed E-state index contributed by atoms with van der Waals surface area (Å²) in [6, 6.07) is 16.2. The number of rotatable bonds is 5. The third-order valence-corrected chi connectivity index (χ3v) is 4.44. The normalized spacial score (nSPS) is 10.9. The number of aromatic nitrogens is 2. The van der Waals surface area contributed by atoms with Crippen molar-refractivity contribution in [3.63, 3.8) is 0 Å². The Morgan fingerprint density at radius 2 is 1.38 bits per heavy atom. The molecule has 4 aromatic rings. The van der Waals surface area contributed by atoms with Gasteiger partial charge < -0.3 is 10.6 Å². The SMILES string of the molecule is Fc1cc(Nc2nc3ccccc3nc2NCc2ccc(Cl)cc2)cc(F)c1F. The van der Waals surface area contributed by atoms with E-state index in [1.54, 1.807) is 30.3 Å². The van der Waals surface area contributed by atoms with E-state index in [-0.39, 0.29) is 11.5 Å². The van der Waals surface area contributed by atoms with Gasteiger partial charge in [0.05, 0.1) is 11.0 Å². The average molecular weight is 415 g/mol. The van der Waals surface area contributed by atoms with E-state index in [1.165, 1.54) is 0 Å². The molecule has 0 fully saturated rings. The van der Waals surface area contributed by atoms with Crippen molar-refractivity contribution in [1.29, 1.82) is 0 Å². The highest BCUT2D eigenvalue weighted by atomic mass is 35.5. The largest absolute Gasteiger partial charge is 0.363 e. The Kier molecular flexibility index (Phi) is 5.22. The minimum atomic E-state index is -1.53. The molecule has 4 nitrogen and oxygen atoms in total. The van der Waals surface area contributed by atoms with Gasteiger partial charge >= 0.3 is 0 Å². The zero-order valence-electron chi connectivity index (χ0n) is 14.9. The molecule has 0 saturated heterocycles. The maximum atomic E-state index is 13.6. The first kappa shape index (κ1) is 19.0. The maximum absolute atomic E-state index is 13.6. The van der Waals surface area contributed by atoms with Crippen LogP contribution in [0, 0.1) is 17.5 Å². The summed E-state index contributed by atoms with van der Waals surface area (Å²) in [5.74, 6) is -3.48. The Labute approximate surface area is 169 Å². The Morgan fingerprint density at radius 3 is 2.00 bits per heavy atom. The fraction of sp³-hybridized carbons (Fsp3) is 0.0476. The van der Waals surface area contributed by atoms with Crippen LogP contribution in [0.4, 0.5) is 30.5 Å². The molecule has 0 saturated carbocycles. The first-order chi connectivity index (χ1) is 14.0. The van der Waals surface area contributed by atoms with Crippen molar-refractivity contribution >= 4 is 40.0 Å². The lowest BCUT2D eigenvalue weighted by atomic mass is 10.2. The molecule has 4 rings (SSSR count). The van der Waals surface area contributed by atoms with Gasteiger partial charge in [0.2, 0.25) is 0 Å². The van der Waals surface area contributed by atoms with Gasteiger partial charge in [0.25, 0.3) is 0 Å². The van der Waals surface area contributed by atoms with Crippen molar-refractivity contribution in [3.8, 4) is 0 Å². The van der Waals surface area contributed by atoms with Gasteiger partial charge in [-0.1, -0.05) is 35.9 Å². The van der Waals surface area contributed by atoms with Gasteiger partial charge in [-0.2, -0.15) is 0 Å². The quantitative estimate of drug-likeness (QED) is 0.390. The fourth-order valence-corrected chi connectivity index (χ4v) is 2.89. The topological polar surface area (TPSA) is 49.8 Å². The molecule has 2 N–H and O–H groups in total. The second-order valence-corrected chi connectivity index (χ2v) is 6.70. The molecule has 0 atom stereocenters. The molecular weight excluding hydrogens is 401 g/mol. The van der Waals surface area contributed by atoms with Crippen LogP contribution in [0.15, 0.2) is 60.7 Å². The number of nitrogens with one attached hydrogen (secondary N) is 2. The van der Waals surface area contributed by atoms with Gasteiger partial charge in [-0.05, 0) is 29.8 Å². The van der Waals surface area contributed by atoms with Crippen LogP contribution in [0.3, 0.4) is 0 Å². The molecule has 0 unspecified atom stereocenters. The third-order valence-electron chi connectivity index (χ3n) is 4.19. The third kappa shape index (κ3) is 4.25. The summed E-state index contributed by atoms with van der Waals surface area (Å²) in [6.07, 6.45) is 0. The molecule has 0 radical (unpaired) electrons. The van der Waals surface area contributed by atoms with Gasteiger partial charge in [-0.25, -0.2) is 23.1 Å². The first-order valence-electron chi connectivity index (χ1n) is 8.66. The van der Waals surface area contributed by atoms with E-state index < -0.39 is 17.5 Å². The van der Waals surface area contributed by atoms with E-state index in [2.05, 4.69) is 20.6 Å². The van der Waals surface area contributed by atoms with Gasteiger partial charge in [-0.15, -0.1) is 0 Å². The van der Waals surface area contributed by atoms with E-state index in [0.717, 1.165) is 17.7 Å². The molecule has 1 heterocycles. The van der Waals surface area contributed by atoms with E-state index in [4.69, 9.17) is 11.6 Å². The van der Waals surface area contributed by atoms with Crippen molar-refractivity contribution < 1.29 is 13.2 Å². The lowest BCUT2D eigenvalue weighted by molar-refractivity contribution is 0.448. The van der Waals surface area contributed by atoms with E-state index in [9.17, 15) is 13.2 Å². The lowest BCUT2D eigenvalue weighted by Gasteiger charge is -2.14. The minimum Gasteiger partial charge on any atom is -0.363 e. The summed E-state index contributed by atoms with van der Waals surface area (Å²) in [7, 11) is 0. The summed E-state index contributed by atoms with van der Waals surface area (Å²) >= 11 is 5.91. The lowest BCUT2D eigenvalue weighted by Crippen LogP contribution is -2.07. The summed E-state index contributed by atoms with van der Waals surface area (Å²) in [5, 5.41) is 6.60. The van der Waals surface area contributed by atoms with E-state index in [1.807, 2.05) is 18.2 Å². The summed E-state index contributed by atoms with van der Waals surface area (Å²) < 4.78 is 40.4. The second kappa shape index (κ2) is 7.97. The van der Waals surface area contributed by atoms with Gasteiger partial charge in [0.1, 0.15) is 0 Å². The van der Waals surface area contributed by atoms with Gasteiger partial charge in [-0.3, -0.25) is 0 Å². The van der Waals surface area contributed by atoms with Crippen LogP contribution >= 0.6 is 11.6 Å². The van der Waals surface area contributed by atoms with E-state index in [0.29, 0.717) is 28.4 Å². The van der Waals surface area contributed by atoms with Crippen LogP contribution < -0.4 is 10.6 Å². The van der Waals surface area contributed by atoms with E-state index >= 15 is 0 Å². The van der Waals surface area contributed by atoms with Crippen molar-refractivity contribution in [2.24, 2.45) is 0 Å². The minimum absolute atomic E-state index is 0.0144. The summed E-state index contributed by atoms with van der Waals surface area (Å²) in [4.78, 5) is 9.03. The number of para-hydroxylation sites is 2. The number of fused-ring (bicyclic) bond motifs is 1. The van der Waals surface area contributed by atoms with Crippen molar-refractivity contribution in [2.45, 2.75) is 6.54 Å². The second-order valence-electron chi connectivity index (χ2n) is 6.27. The van der Waals surface area contributed by atoms with Crippen LogP contribution in [0.25, 0.3) is 11.0 Å². The molecule has 1 aromatic heterocycles. The standard InChI is InChI=1S/C21H14ClF3N4/c22-13-7-5-12(6-8-13)11-26-20-21(29-18-4-2-1-3-17(18)28-20)27-14-9-15(23)19(25)16(24)10-14/h1-10H,11H2,(H,26,28)(H,27,29). The van der Waals surface area contributed by atoms with Crippen molar-refractivity contribution in [1.82, 2.24) is 9.97 Å². The number of halogens is 4. The molecule has 0 aliphatic heterocycles. The van der Waals surface area contributed by atoms with Crippen LogP contribution in [0.1, 0.15) is 5.56 Å². The number of nitrogens with zero attached hydrogens (tertiary/aromatic N) is 2. The van der Waals surface area contributed by atoms with Crippen LogP contribution in [0.2, 0.25) is 5.02 Å². The number of hydrogen-bond acceptors (Lipinski definition) is 4. The monoisotopic (exact) mass is 414 g/mol. The molecule has 0 aliphatic carbocycles. The summed E-state index contributed by atoms with van der Waals surface area (Å²) in [6.45, 7) is 0.422. The van der Waals surface area contributed by atoms with Crippen LogP contribution in [-0.2, 0) is 6.54 Å². The first-order valence-corrected chi connectivity index (χ1v) is 9.04. The zero-order chi connectivity index (χ0) is 20.4. The smallest absolute Gasteiger partial charge is 0.194 e. The maximum Gasteiger partial charge on any atom is 0.194 e. The molecule has 146 valence electrons. The Morgan fingerprint density at radius 1 is 0.793 bits per heavy atom. The molecule has 8 heteroatoms. The predicted molar refractivity (Wildman–Crippen MR) is 108 cm³/mol.